The molecule has 0 saturated heterocycles. The lowest BCUT2D eigenvalue weighted by atomic mass is 10.0. The summed E-state index contributed by atoms with van der Waals surface area (Å²) >= 11 is 0. The van der Waals surface area contributed by atoms with Gasteiger partial charge in [0.05, 0.1) is 16.6 Å². The van der Waals surface area contributed by atoms with E-state index in [0.29, 0.717) is 12.1 Å². The van der Waals surface area contributed by atoms with Crippen LogP contribution in [0.25, 0.3) is 11.0 Å². The molecule has 0 bridgehead atoms. The van der Waals surface area contributed by atoms with E-state index >= 15 is 0 Å². The van der Waals surface area contributed by atoms with E-state index in [1.807, 2.05) is 0 Å². The van der Waals surface area contributed by atoms with Gasteiger partial charge in [-0.05, 0) is 6.07 Å². The smallest absolute Gasteiger partial charge is 0.334 e. The van der Waals surface area contributed by atoms with Crippen LogP contribution in [0.2, 0.25) is 0 Å². The van der Waals surface area contributed by atoms with E-state index in [-0.39, 0.29) is 5.52 Å². The summed E-state index contributed by atoms with van der Waals surface area (Å²) < 4.78 is 90.4. The maximum absolute atomic E-state index is 13.5. The summed E-state index contributed by atoms with van der Waals surface area (Å²) in [4.78, 5) is 12.2. The molecule has 4 nitrogen and oxygen atoms in total. The van der Waals surface area contributed by atoms with Gasteiger partial charge >= 0.3 is 18.2 Å². The van der Waals surface area contributed by atoms with Crippen molar-refractivity contribution in [3.8, 4) is 5.75 Å². The predicted octanol–water partition coefficient (Wildman–Crippen LogP) is 3.59. The molecule has 0 fully saturated rings. The zero-order chi connectivity index (χ0) is 15.6. The molecule has 0 unspecified atom stereocenters. The fraction of sp³-hybridized carbons (Fsp3) is 0.300. The molecule has 21 heavy (non-hydrogen) atoms. The monoisotopic (exact) mass is 316 g/mol. The number of benzene rings is 1. The predicted molar refractivity (Wildman–Crippen MR) is 51.6 cm³/mol. The normalized spacial score (nSPS) is 20.1. The Morgan fingerprint density at radius 3 is 2.38 bits per heavy atom. The number of nitrogens with one attached hydrogen (secondary N) is 1. The van der Waals surface area contributed by atoms with Crippen molar-refractivity contribution in [3.05, 3.63) is 23.5 Å². The van der Waals surface area contributed by atoms with Crippen molar-refractivity contribution >= 4 is 11.0 Å². The van der Waals surface area contributed by atoms with E-state index in [2.05, 4.69) is 14.8 Å². The first kappa shape index (κ1) is 13.9. The lowest BCUT2D eigenvalue weighted by Crippen LogP contribution is -2.44. The van der Waals surface area contributed by atoms with Crippen LogP contribution < -0.4 is 4.89 Å². The second kappa shape index (κ2) is 3.78. The molecule has 1 aliphatic rings. The van der Waals surface area contributed by atoms with E-state index in [0.717, 1.165) is 0 Å². The van der Waals surface area contributed by atoms with Gasteiger partial charge in [0.2, 0.25) is 5.82 Å². The highest BCUT2D eigenvalue weighted by Crippen LogP contribution is 2.51. The summed E-state index contributed by atoms with van der Waals surface area (Å²) in [6.07, 6.45) is -9.79. The average Bonchev–Trinajstić information content (AvgIpc) is 2.76. The molecule has 0 saturated carbocycles. The number of alkyl halides is 7. The van der Waals surface area contributed by atoms with E-state index in [1.165, 1.54) is 0 Å². The van der Waals surface area contributed by atoms with Crippen molar-refractivity contribution in [2.45, 2.75) is 18.2 Å². The molecule has 11 heteroatoms. The van der Waals surface area contributed by atoms with Crippen LogP contribution in [0.15, 0.2) is 12.1 Å². The van der Waals surface area contributed by atoms with Gasteiger partial charge in [0.1, 0.15) is 0 Å². The van der Waals surface area contributed by atoms with Crippen LogP contribution in [0.5, 0.6) is 5.75 Å². The summed E-state index contributed by atoms with van der Waals surface area (Å²) in [5.74, 6) is -7.05. The molecular weight excluding hydrogens is 313 g/mol. The highest BCUT2D eigenvalue weighted by molar-refractivity contribution is 5.79. The zero-order valence-corrected chi connectivity index (χ0v) is 9.56. The number of hydrogen-bond acceptors (Lipinski definition) is 3. The van der Waals surface area contributed by atoms with Gasteiger partial charge in [-0.3, -0.25) is 0 Å². The topological polar surface area (TPSA) is 47.1 Å². The Morgan fingerprint density at radius 2 is 1.76 bits per heavy atom. The van der Waals surface area contributed by atoms with Gasteiger partial charge in [0, 0.05) is 6.07 Å². The van der Waals surface area contributed by atoms with Crippen LogP contribution in [0, 0.1) is 0 Å². The van der Waals surface area contributed by atoms with Crippen LogP contribution in [-0.4, -0.2) is 16.1 Å². The van der Waals surface area contributed by atoms with Crippen LogP contribution >= 0.6 is 0 Å². The minimum atomic E-state index is -4.94. The first-order valence-electron chi connectivity index (χ1n) is 5.25. The quantitative estimate of drug-likeness (QED) is 0.597. The van der Waals surface area contributed by atoms with Crippen molar-refractivity contribution in [2.75, 3.05) is 0 Å². The highest BCUT2D eigenvalue weighted by Gasteiger charge is 2.65. The third-order valence-corrected chi connectivity index (χ3v) is 2.79. The Labute approximate surface area is 110 Å². The SMILES string of the molecule is FC(F)(F)c1nc2cc3c(cc2[nH]1)C(F)(F)C(F)(F)OO3. The third-order valence-electron chi connectivity index (χ3n) is 2.79. The van der Waals surface area contributed by atoms with Gasteiger partial charge in [0.25, 0.3) is 0 Å². The highest BCUT2D eigenvalue weighted by atomic mass is 19.4. The molecule has 1 aromatic heterocycles. The minimum absolute atomic E-state index is 0.384. The molecule has 0 atom stereocenters. The van der Waals surface area contributed by atoms with Gasteiger partial charge < -0.3 is 9.87 Å². The van der Waals surface area contributed by atoms with Crippen molar-refractivity contribution < 1.29 is 40.5 Å². The van der Waals surface area contributed by atoms with Gasteiger partial charge in [-0.1, -0.05) is 0 Å². The first-order valence-corrected chi connectivity index (χ1v) is 5.25. The van der Waals surface area contributed by atoms with Crippen molar-refractivity contribution in [3.63, 3.8) is 0 Å². The summed E-state index contributed by atoms with van der Waals surface area (Å²) in [5.41, 5.74) is -2.17. The van der Waals surface area contributed by atoms with Crippen LogP contribution in [-0.2, 0) is 17.0 Å². The Bertz CT molecular complexity index is 722. The molecule has 0 amide bonds. The Hall–Kier alpha value is -2.04. The van der Waals surface area contributed by atoms with Gasteiger partial charge in [-0.25, -0.2) is 4.98 Å². The van der Waals surface area contributed by atoms with Crippen molar-refractivity contribution in [1.82, 2.24) is 9.97 Å². The Kier molecular flexibility index (Phi) is 2.51. The molecule has 1 aliphatic heterocycles. The van der Waals surface area contributed by atoms with Gasteiger partial charge in [-0.15, -0.1) is 4.89 Å². The molecule has 0 radical (unpaired) electrons. The summed E-state index contributed by atoms with van der Waals surface area (Å²) in [5, 5.41) is 0. The van der Waals surface area contributed by atoms with Gasteiger partial charge in [-0.2, -0.15) is 30.7 Å². The van der Waals surface area contributed by atoms with Crippen LogP contribution in [0.3, 0.4) is 0 Å². The number of fused-ring (bicyclic) bond motifs is 2. The Morgan fingerprint density at radius 1 is 1.10 bits per heavy atom. The summed E-state index contributed by atoms with van der Waals surface area (Å²) in [6, 6.07) is 1.07. The zero-order valence-electron chi connectivity index (χ0n) is 9.56. The van der Waals surface area contributed by atoms with Crippen LogP contribution in [0.4, 0.5) is 30.7 Å². The molecule has 1 aromatic carbocycles. The number of imidazole rings is 1. The molecule has 1 N–H and O–H groups in total. The number of H-pyrrole nitrogens is 1. The van der Waals surface area contributed by atoms with Crippen LogP contribution in [0.1, 0.15) is 11.4 Å². The second-order valence-corrected chi connectivity index (χ2v) is 4.21. The molecular formula is C10H3F7N2O2. The standard InChI is InChI=1S/C10H3F7N2O2/c11-8(12)3-1-4-5(19-7(18-4)9(13,14)15)2-6(3)20-21-10(8,16)17/h1-2H,(H,18,19). The second-order valence-electron chi connectivity index (χ2n) is 4.21. The average molecular weight is 316 g/mol. The summed E-state index contributed by atoms with van der Waals surface area (Å²) in [6.45, 7) is 0. The molecule has 3 rings (SSSR count). The molecule has 2 aromatic rings. The maximum atomic E-state index is 13.5. The number of hydrogen-bond donors (Lipinski definition) is 1. The Balaban J connectivity index is 2.21. The number of nitrogens with zero attached hydrogens (tertiary/aromatic N) is 1. The lowest BCUT2D eigenvalue weighted by Gasteiger charge is -2.30. The lowest BCUT2D eigenvalue weighted by molar-refractivity contribution is -0.466. The number of aromatic amines is 1. The molecule has 2 heterocycles. The number of halogens is 7. The third kappa shape index (κ3) is 1.91. The fourth-order valence-corrected chi connectivity index (χ4v) is 1.79. The maximum Gasteiger partial charge on any atom is 0.459 e. The van der Waals surface area contributed by atoms with Gasteiger partial charge in [0.15, 0.2) is 5.75 Å². The fourth-order valence-electron chi connectivity index (χ4n) is 1.79. The van der Waals surface area contributed by atoms with E-state index < -0.39 is 40.9 Å². The number of rotatable bonds is 0. The molecule has 0 spiro atoms. The summed E-state index contributed by atoms with van der Waals surface area (Å²) in [7, 11) is 0. The van der Waals surface area contributed by atoms with E-state index in [9.17, 15) is 30.7 Å². The van der Waals surface area contributed by atoms with Crippen molar-refractivity contribution in [1.29, 1.82) is 0 Å². The van der Waals surface area contributed by atoms with E-state index in [1.54, 1.807) is 4.98 Å². The van der Waals surface area contributed by atoms with E-state index in [4.69, 9.17) is 0 Å². The number of aromatic nitrogens is 2. The minimum Gasteiger partial charge on any atom is -0.334 e. The first-order chi connectivity index (χ1) is 9.52. The van der Waals surface area contributed by atoms with Crippen molar-refractivity contribution in [2.24, 2.45) is 0 Å². The molecule has 114 valence electrons. The largest absolute Gasteiger partial charge is 0.459 e. The molecule has 0 aliphatic carbocycles.